The van der Waals surface area contributed by atoms with Crippen LogP contribution in [0.25, 0.3) is 0 Å². The van der Waals surface area contributed by atoms with E-state index < -0.39 is 0 Å². The van der Waals surface area contributed by atoms with E-state index in [1.54, 1.807) is 4.68 Å². The molecule has 7 nitrogen and oxygen atoms in total. The van der Waals surface area contributed by atoms with E-state index in [1.165, 1.54) is 28.7 Å². The summed E-state index contributed by atoms with van der Waals surface area (Å²) in [4.78, 5) is 34.7. The summed E-state index contributed by atoms with van der Waals surface area (Å²) in [7, 11) is 0. The minimum absolute atomic E-state index is 0.0231. The van der Waals surface area contributed by atoms with E-state index in [0.29, 0.717) is 46.4 Å². The fraction of sp³-hybridized carbons (Fsp3) is 0.500. The van der Waals surface area contributed by atoms with Crippen LogP contribution in [0.3, 0.4) is 0 Å². The Morgan fingerprint density at radius 3 is 2.39 bits per heavy atom. The van der Waals surface area contributed by atoms with Crippen LogP contribution < -0.4 is 5.56 Å². The number of thiophene rings is 1. The monoisotopic (exact) mass is 575 g/mol. The van der Waals surface area contributed by atoms with Gasteiger partial charge in [0.05, 0.1) is 4.34 Å². The third kappa shape index (κ3) is 8.66. The van der Waals surface area contributed by atoms with E-state index in [9.17, 15) is 9.59 Å². The average Bonchev–Trinajstić information content (AvgIpc) is 3.33. The largest absolute Gasteiger partial charge is 0.335 e. The molecule has 0 aliphatic rings. The Kier molecular flexibility index (Phi) is 11.8. The highest BCUT2D eigenvalue weighted by molar-refractivity contribution is 7.98. The first kappa shape index (κ1) is 30.3. The summed E-state index contributed by atoms with van der Waals surface area (Å²) < 4.78 is 2.30. The van der Waals surface area contributed by atoms with Gasteiger partial charge in [0.2, 0.25) is 5.91 Å². The third-order valence-electron chi connectivity index (χ3n) is 6.47. The van der Waals surface area contributed by atoms with E-state index in [4.69, 9.17) is 11.6 Å². The first-order chi connectivity index (χ1) is 18.2. The van der Waals surface area contributed by atoms with Crippen molar-refractivity contribution in [2.24, 2.45) is 0 Å². The molecule has 0 aliphatic heterocycles. The van der Waals surface area contributed by atoms with Gasteiger partial charge in [0.25, 0.3) is 5.56 Å². The molecule has 0 atom stereocenters. The second kappa shape index (κ2) is 14.8. The Hall–Kier alpha value is -2.20. The number of carbonyl (C=O) groups is 1. The number of carbonyl (C=O) groups excluding carboxylic acids is 1. The fourth-order valence-corrected chi connectivity index (χ4v) is 5.87. The van der Waals surface area contributed by atoms with E-state index in [-0.39, 0.29) is 18.0 Å². The molecule has 1 amide bonds. The second-order valence-electron chi connectivity index (χ2n) is 9.44. The maximum atomic E-state index is 13.7. The quantitative estimate of drug-likeness (QED) is 0.230. The molecule has 1 aromatic carbocycles. The minimum atomic E-state index is -0.342. The molecule has 0 bridgehead atoms. The molecule has 2 aromatic heterocycles. The van der Waals surface area contributed by atoms with E-state index in [0.717, 1.165) is 30.8 Å². The van der Waals surface area contributed by atoms with Crippen molar-refractivity contribution in [3.63, 3.8) is 0 Å². The number of halogens is 1. The molecule has 0 fully saturated rings. The molecular weight excluding hydrogens is 538 g/mol. The lowest BCUT2D eigenvalue weighted by Crippen LogP contribution is -2.40. The molecule has 0 saturated heterocycles. The molecule has 38 heavy (non-hydrogen) atoms. The van der Waals surface area contributed by atoms with Gasteiger partial charge in [0.15, 0.2) is 5.16 Å². The van der Waals surface area contributed by atoms with Gasteiger partial charge >= 0.3 is 0 Å². The summed E-state index contributed by atoms with van der Waals surface area (Å²) in [5.41, 5.74) is 3.43. The van der Waals surface area contributed by atoms with Crippen molar-refractivity contribution in [2.75, 3.05) is 26.2 Å². The number of benzene rings is 1. The van der Waals surface area contributed by atoms with Crippen molar-refractivity contribution >= 4 is 40.6 Å². The number of rotatable bonds is 14. The summed E-state index contributed by atoms with van der Waals surface area (Å²) in [6.07, 6.45) is 0.457. The Morgan fingerprint density at radius 2 is 1.82 bits per heavy atom. The summed E-state index contributed by atoms with van der Waals surface area (Å²) >= 11 is 8.94. The van der Waals surface area contributed by atoms with E-state index in [1.807, 2.05) is 23.3 Å². The lowest BCUT2D eigenvalue weighted by atomic mass is 10.0. The standard InChI is InChI=1S/C28H38ClN5O2S2/c1-6-24-27(36)30-28(38-19-22-15-25(29)37-18-22)34(31-24)17-26(35)33(14-13-32(7-2)8-3)16-21-9-11-23(12-10-21)20(4)5/h9-12,15,18,20H,6-8,13-14,16-17,19H2,1-5H3. The van der Waals surface area contributed by atoms with Gasteiger partial charge in [0, 0.05) is 25.4 Å². The molecule has 206 valence electrons. The summed E-state index contributed by atoms with van der Waals surface area (Å²) in [5, 5.41) is 6.96. The number of thioether (sulfide) groups is 1. The van der Waals surface area contributed by atoms with Crippen molar-refractivity contribution in [2.45, 2.75) is 71.0 Å². The molecule has 0 radical (unpaired) electrons. The van der Waals surface area contributed by atoms with Gasteiger partial charge in [0.1, 0.15) is 12.2 Å². The summed E-state index contributed by atoms with van der Waals surface area (Å²) in [6, 6.07) is 10.4. The zero-order valence-electron chi connectivity index (χ0n) is 22.9. The molecule has 0 N–H and O–H groups in total. The van der Waals surface area contributed by atoms with Crippen LogP contribution in [0.4, 0.5) is 0 Å². The van der Waals surface area contributed by atoms with Crippen LogP contribution >= 0.6 is 34.7 Å². The second-order valence-corrected chi connectivity index (χ2v) is 11.9. The van der Waals surface area contributed by atoms with Crippen molar-refractivity contribution < 1.29 is 4.79 Å². The molecule has 10 heteroatoms. The van der Waals surface area contributed by atoms with Gasteiger partial charge in [-0.05, 0) is 53.6 Å². The average molecular weight is 576 g/mol. The van der Waals surface area contributed by atoms with Crippen LogP contribution in [0.15, 0.2) is 45.7 Å². The Labute approximate surface area is 239 Å². The van der Waals surface area contributed by atoms with Gasteiger partial charge in [-0.15, -0.1) is 11.3 Å². The van der Waals surface area contributed by atoms with Gasteiger partial charge in [-0.25, -0.2) is 4.68 Å². The Balaban J connectivity index is 1.84. The molecule has 3 aromatic rings. The molecular formula is C28H38ClN5O2S2. The van der Waals surface area contributed by atoms with Crippen LogP contribution in [0.2, 0.25) is 4.34 Å². The lowest BCUT2D eigenvalue weighted by Gasteiger charge is -2.27. The molecule has 0 aliphatic carbocycles. The molecule has 0 unspecified atom stereocenters. The number of likely N-dealkylation sites (N-methyl/N-ethyl adjacent to an activating group) is 1. The lowest BCUT2D eigenvalue weighted by molar-refractivity contribution is -0.133. The van der Waals surface area contributed by atoms with Crippen LogP contribution in [0.5, 0.6) is 0 Å². The predicted octanol–water partition coefficient (Wildman–Crippen LogP) is 5.70. The first-order valence-electron chi connectivity index (χ1n) is 13.2. The number of hydrogen-bond acceptors (Lipinski definition) is 7. The van der Waals surface area contributed by atoms with Crippen LogP contribution in [0, 0.1) is 0 Å². The maximum absolute atomic E-state index is 13.7. The van der Waals surface area contributed by atoms with Crippen molar-refractivity contribution in [3.8, 4) is 0 Å². The number of nitrogens with zero attached hydrogens (tertiary/aromatic N) is 5. The van der Waals surface area contributed by atoms with Crippen molar-refractivity contribution in [1.82, 2.24) is 24.6 Å². The van der Waals surface area contributed by atoms with Crippen molar-refractivity contribution in [1.29, 1.82) is 0 Å². The fourth-order valence-electron chi connectivity index (χ4n) is 3.99. The summed E-state index contributed by atoms with van der Waals surface area (Å²) in [6.45, 7) is 14.3. The summed E-state index contributed by atoms with van der Waals surface area (Å²) in [5.74, 6) is 0.993. The Morgan fingerprint density at radius 1 is 1.11 bits per heavy atom. The van der Waals surface area contributed by atoms with Gasteiger partial charge < -0.3 is 9.80 Å². The zero-order chi connectivity index (χ0) is 27.7. The minimum Gasteiger partial charge on any atom is -0.335 e. The normalized spacial score (nSPS) is 11.5. The topological polar surface area (TPSA) is 71.3 Å². The van der Waals surface area contributed by atoms with E-state index in [2.05, 4.69) is 66.9 Å². The number of aryl methyl sites for hydroxylation is 1. The zero-order valence-corrected chi connectivity index (χ0v) is 25.3. The van der Waals surface area contributed by atoms with Crippen LogP contribution in [0.1, 0.15) is 62.9 Å². The smallest absolute Gasteiger partial charge is 0.295 e. The van der Waals surface area contributed by atoms with Gasteiger partial charge in [-0.3, -0.25) is 9.59 Å². The molecule has 3 rings (SSSR count). The molecule has 0 spiro atoms. The SMILES string of the molecule is CCc1nn(CC(=O)N(CCN(CC)CC)Cc2ccc(C(C)C)cc2)c(SCc2csc(Cl)c2)nc1=O. The number of aromatic nitrogens is 3. The van der Waals surface area contributed by atoms with Crippen molar-refractivity contribution in [3.05, 3.63) is 72.8 Å². The highest BCUT2D eigenvalue weighted by Crippen LogP contribution is 2.26. The number of hydrogen-bond donors (Lipinski definition) is 0. The third-order valence-corrected chi connectivity index (χ3v) is 8.65. The number of amides is 1. The van der Waals surface area contributed by atoms with Gasteiger partial charge in [-0.1, -0.05) is 82.2 Å². The Bertz CT molecular complexity index is 1240. The highest BCUT2D eigenvalue weighted by atomic mass is 35.5. The molecule has 0 saturated carbocycles. The van der Waals surface area contributed by atoms with Crippen LogP contribution in [-0.2, 0) is 30.1 Å². The van der Waals surface area contributed by atoms with Crippen LogP contribution in [-0.4, -0.2) is 56.7 Å². The highest BCUT2D eigenvalue weighted by Gasteiger charge is 2.19. The maximum Gasteiger partial charge on any atom is 0.295 e. The molecule has 2 heterocycles. The first-order valence-corrected chi connectivity index (χ1v) is 15.4. The predicted molar refractivity (Wildman–Crippen MR) is 158 cm³/mol. The van der Waals surface area contributed by atoms with E-state index >= 15 is 0 Å². The van der Waals surface area contributed by atoms with Gasteiger partial charge in [-0.2, -0.15) is 10.1 Å².